The summed E-state index contributed by atoms with van der Waals surface area (Å²) in [5.74, 6) is 0.734. The number of rotatable bonds is 5. The predicted octanol–water partition coefficient (Wildman–Crippen LogP) is 2.20. The first-order chi connectivity index (χ1) is 12.0. The lowest BCUT2D eigenvalue weighted by Crippen LogP contribution is -2.28. The third kappa shape index (κ3) is 3.78. The van der Waals surface area contributed by atoms with Crippen LogP contribution in [0.3, 0.4) is 0 Å². The van der Waals surface area contributed by atoms with E-state index in [4.69, 9.17) is 14.1 Å². The quantitative estimate of drug-likeness (QED) is 0.640. The molecule has 130 valence electrons. The fraction of sp³-hybridized carbons (Fsp3) is 0.278. The summed E-state index contributed by atoms with van der Waals surface area (Å²) >= 11 is 0. The zero-order valence-corrected chi connectivity index (χ0v) is 14.1. The summed E-state index contributed by atoms with van der Waals surface area (Å²) in [5.41, 5.74) is 2.20. The highest BCUT2D eigenvalue weighted by molar-refractivity contribution is 6.62. The number of ether oxygens (including phenoxy) is 2. The number of hydrogen-bond donors (Lipinski definition) is 2. The Morgan fingerprint density at radius 2 is 2.08 bits per heavy atom. The number of fused-ring (bicyclic) bond motifs is 1. The summed E-state index contributed by atoms with van der Waals surface area (Å²) in [4.78, 5) is 11.7. The summed E-state index contributed by atoms with van der Waals surface area (Å²) in [6.45, 7) is 3.91. The fourth-order valence-electron chi connectivity index (χ4n) is 3.00. The Kier molecular flexibility index (Phi) is 4.97. The van der Waals surface area contributed by atoms with Gasteiger partial charge in [0.15, 0.2) is 0 Å². The van der Waals surface area contributed by atoms with Crippen molar-refractivity contribution in [3.8, 4) is 17.2 Å². The molecular weight excluding hydrogens is 323 g/mol. The van der Waals surface area contributed by atoms with Gasteiger partial charge in [-0.1, -0.05) is 6.07 Å². The molecule has 0 spiro atoms. The minimum Gasteiger partial charge on any atom is -0.508 e. The molecule has 0 fully saturated rings. The minimum absolute atomic E-state index is 0.0471. The minimum atomic E-state index is -1.12. The van der Waals surface area contributed by atoms with Crippen molar-refractivity contribution in [2.75, 3.05) is 6.61 Å². The molecule has 25 heavy (non-hydrogen) atoms. The molecule has 0 amide bonds. The van der Waals surface area contributed by atoms with Gasteiger partial charge in [-0.15, -0.1) is 0 Å². The molecule has 1 atom stereocenters. The van der Waals surface area contributed by atoms with Crippen molar-refractivity contribution in [3.05, 3.63) is 47.5 Å². The van der Waals surface area contributed by atoms with Crippen molar-refractivity contribution in [1.82, 2.24) is 0 Å². The Morgan fingerprint density at radius 3 is 2.80 bits per heavy atom. The molecule has 1 heterocycles. The Bertz CT molecular complexity index is 791. The smallest absolute Gasteiger partial charge is 0.492 e. The molecule has 1 unspecified atom stereocenters. The van der Waals surface area contributed by atoms with Gasteiger partial charge in [0.25, 0.3) is 0 Å². The van der Waals surface area contributed by atoms with Crippen LogP contribution in [0.1, 0.15) is 30.6 Å². The van der Waals surface area contributed by atoms with Crippen molar-refractivity contribution in [2.45, 2.75) is 26.4 Å². The highest BCUT2D eigenvalue weighted by Gasteiger charge is 2.38. The van der Waals surface area contributed by atoms with Crippen LogP contribution in [-0.2, 0) is 14.2 Å². The number of benzene rings is 2. The van der Waals surface area contributed by atoms with Crippen molar-refractivity contribution < 1.29 is 29.1 Å². The summed E-state index contributed by atoms with van der Waals surface area (Å²) in [6.07, 6.45) is -0.496. The average Bonchev–Trinajstić information content (AvgIpc) is 2.84. The molecule has 1 aliphatic heterocycles. The molecule has 0 radical (unpaired) electrons. The van der Waals surface area contributed by atoms with E-state index in [2.05, 4.69) is 0 Å². The third-order valence-corrected chi connectivity index (χ3v) is 3.98. The van der Waals surface area contributed by atoms with Gasteiger partial charge in [-0.25, -0.2) is 0 Å². The third-order valence-electron chi connectivity index (χ3n) is 3.98. The van der Waals surface area contributed by atoms with Crippen LogP contribution in [0.15, 0.2) is 36.4 Å². The number of aromatic hydroxyl groups is 1. The molecule has 0 bridgehead atoms. The van der Waals surface area contributed by atoms with Gasteiger partial charge >= 0.3 is 13.1 Å². The maximum absolute atomic E-state index is 11.7. The Labute approximate surface area is 146 Å². The summed E-state index contributed by atoms with van der Waals surface area (Å²) in [7, 11) is -1.12. The van der Waals surface area contributed by atoms with Gasteiger partial charge in [0.05, 0.1) is 19.1 Å². The van der Waals surface area contributed by atoms with E-state index in [0.29, 0.717) is 23.6 Å². The van der Waals surface area contributed by atoms with Gasteiger partial charge in [-0.05, 0) is 54.7 Å². The number of hydrogen-bond acceptors (Lipinski definition) is 6. The van der Waals surface area contributed by atoms with E-state index in [1.54, 1.807) is 31.2 Å². The second-order valence-electron chi connectivity index (χ2n) is 5.83. The number of carbonyl (C=O) groups excluding carboxylic acids is 1. The molecule has 1 aliphatic rings. The number of carbonyl (C=O) groups is 1. The maximum atomic E-state index is 11.7. The molecule has 7 heteroatoms. The van der Waals surface area contributed by atoms with E-state index in [1.165, 1.54) is 6.07 Å². The first-order valence-electron chi connectivity index (χ1n) is 8.08. The van der Waals surface area contributed by atoms with Crippen molar-refractivity contribution in [2.24, 2.45) is 0 Å². The molecule has 0 saturated carbocycles. The molecule has 2 aromatic carbocycles. The monoisotopic (exact) mass is 342 g/mol. The highest BCUT2D eigenvalue weighted by Crippen LogP contribution is 2.33. The molecule has 2 aromatic rings. The van der Waals surface area contributed by atoms with Gasteiger partial charge < -0.3 is 24.3 Å². The van der Waals surface area contributed by atoms with Crippen LogP contribution in [-0.4, -0.2) is 29.8 Å². The second-order valence-corrected chi connectivity index (χ2v) is 5.83. The largest absolute Gasteiger partial charge is 0.508 e. The average molecular weight is 342 g/mol. The van der Waals surface area contributed by atoms with Crippen LogP contribution in [0.4, 0.5) is 0 Å². The van der Waals surface area contributed by atoms with Gasteiger partial charge in [0, 0.05) is 6.07 Å². The molecule has 2 N–H and O–H groups in total. The lowest BCUT2D eigenvalue weighted by Gasteiger charge is -2.15. The maximum Gasteiger partial charge on any atom is 0.492 e. The molecule has 0 aliphatic carbocycles. The second kappa shape index (κ2) is 7.17. The number of phenolic OH excluding ortho intramolecular Hbond substituents is 1. The first-order valence-corrected chi connectivity index (χ1v) is 8.08. The zero-order chi connectivity index (χ0) is 18.0. The fourth-order valence-corrected chi connectivity index (χ4v) is 3.00. The van der Waals surface area contributed by atoms with Crippen LogP contribution in [0.25, 0.3) is 0 Å². The van der Waals surface area contributed by atoms with E-state index in [-0.39, 0.29) is 18.1 Å². The molecular formula is C18H19BO6. The Morgan fingerprint density at radius 1 is 1.28 bits per heavy atom. The van der Waals surface area contributed by atoms with E-state index >= 15 is 0 Å². The van der Waals surface area contributed by atoms with Crippen molar-refractivity contribution in [3.63, 3.8) is 0 Å². The van der Waals surface area contributed by atoms with Crippen LogP contribution in [0.5, 0.6) is 17.2 Å². The van der Waals surface area contributed by atoms with E-state index < -0.39 is 13.2 Å². The number of aryl methyl sites for hydroxylation is 1. The van der Waals surface area contributed by atoms with Crippen LogP contribution in [0.2, 0.25) is 0 Å². The first kappa shape index (κ1) is 17.3. The summed E-state index contributed by atoms with van der Waals surface area (Å²) in [5, 5.41) is 19.7. The Balaban J connectivity index is 1.86. The molecule has 6 nitrogen and oxygen atoms in total. The van der Waals surface area contributed by atoms with E-state index in [0.717, 1.165) is 11.1 Å². The number of phenols is 1. The predicted molar refractivity (Wildman–Crippen MR) is 92.0 cm³/mol. The molecule has 3 rings (SSSR count). The van der Waals surface area contributed by atoms with Crippen molar-refractivity contribution >= 4 is 18.6 Å². The zero-order valence-electron chi connectivity index (χ0n) is 14.1. The van der Waals surface area contributed by atoms with Crippen LogP contribution < -0.4 is 10.2 Å². The number of esters is 1. The van der Waals surface area contributed by atoms with Gasteiger partial charge in [0.2, 0.25) is 0 Å². The molecule has 0 aromatic heterocycles. The normalized spacial score (nSPS) is 15.8. The lowest BCUT2D eigenvalue weighted by molar-refractivity contribution is -0.145. The van der Waals surface area contributed by atoms with Crippen LogP contribution >= 0.6 is 0 Å². The summed E-state index contributed by atoms with van der Waals surface area (Å²) in [6, 6.07) is 9.94. The Hall–Kier alpha value is -2.51. The standard InChI is InChI=1S/C18H19BO6/c1-3-23-17(21)10-16-18-11(2)7-14(9-15(18)19(22)25-16)24-13-6-4-5-12(20)8-13/h4-9,16,20,22H,3,10H2,1-2H3. The highest BCUT2D eigenvalue weighted by atomic mass is 16.5. The van der Waals surface area contributed by atoms with E-state index in [9.17, 15) is 14.9 Å². The molecule has 0 saturated heterocycles. The van der Waals surface area contributed by atoms with Gasteiger partial charge in [-0.2, -0.15) is 0 Å². The van der Waals surface area contributed by atoms with Gasteiger partial charge in [-0.3, -0.25) is 4.79 Å². The topological polar surface area (TPSA) is 85.2 Å². The van der Waals surface area contributed by atoms with E-state index in [1.807, 2.05) is 13.0 Å². The van der Waals surface area contributed by atoms with Crippen LogP contribution in [0, 0.1) is 6.92 Å². The SMILES string of the molecule is CCOC(=O)CC1OB(O)c2cc(Oc3cccc(O)c3)cc(C)c21. The summed E-state index contributed by atoms with van der Waals surface area (Å²) < 4.78 is 16.2. The van der Waals surface area contributed by atoms with Crippen molar-refractivity contribution in [1.29, 1.82) is 0 Å². The lowest BCUT2D eigenvalue weighted by atomic mass is 9.77. The van der Waals surface area contributed by atoms with Gasteiger partial charge in [0.1, 0.15) is 17.2 Å².